The van der Waals surface area contributed by atoms with Crippen LogP contribution in [0.4, 0.5) is 4.79 Å². The number of hydrogen-bond donors (Lipinski definition) is 1. The Bertz CT molecular complexity index is 416. The normalized spacial score (nSPS) is 32.5. The second kappa shape index (κ2) is 4.91. The van der Waals surface area contributed by atoms with Gasteiger partial charge in [0.1, 0.15) is 5.60 Å². The molecule has 0 saturated carbocycles. The highest BCUT2D eigenvalue weighted by atomic mass is 16.6. The number of carbonyl (C=O) groups excluding carboxylic acids is 1. The predicted molar refractivity (Wildman–Crippen MR) is 71.4 cm³/mol. The van der Waals surface area contributed by atoms with E-state index < -0.39 is 29.1 Å². The summed E-state index contributed by atoms with van der Waals surface area (Å²) in [6.07, 6.45) is 1.52. The van der Waals surface area contributed by atoms with E-state index in [1.807, 2.05) is 0 Å². The lowest BCUT2D eigenvalue weighted by atomic mass is 9.78. The van der Waals surface area contributed by atoms with Gasteiger partial charge in [-0.05, 0) is 40.0 Å². The molecular weight excluding hydrogens is 262 g/mol. The molecule has 114 valence electrons. The molecule has 2 fully saturated rings. The van der Waals surface area contributed by atoms with Crippen molar-refractivity contribution in [1.82, 2.24) is 4.90 Å². The molecule has 2 saturated heterocycles. The van der Waals surface area contributed by atoms with Crippen molar-refractivity contribution in [3.05, 3.63) is 0 Å². The number of methoxy groups -OCH3 is 1. The van der Waals surface area contributed by atoms with Crippen LogP contribution in [0.5, 0.6) is 0 Å². The van der Waals surface area contributed by atoms with E-state index in [1.165, 1.54) is 7.11 Å². The Morgan fingerprint density at radius 2 is 2.05 bits per heavy atom. The third-order valence-corrected chi connectivity index (χ3v) is 4.19. The van der Waals surface area contributed by atoms with Gasteiger partial charge in [-0.2, -0.15) is 0 Å². The largest absolute Gasteiger partial charge is 0.481 e. The van der Waals surface area contributed by atoms with E-state index in [2.05, 4.69) is 0 Å². The minimum Gasteiger partial charge on any atom is -0.481 e. The van der Waals surface area contributed by atoms with Crippen molar-refractivity contribution in [1.29, 1.82) is 0 Å². The number of carboxylic acids is 1. The van der Waals surface area contributed by atoms with Crippen LogP contribution in [0.15, 0.2) is 0 Å². The zero-order valence-electron chi connectivity index (χ0n) is 12.5. The van der Waals surface area contributed by atoms with E-state index in [9.17, 15) is 14.7 Å². The number of carbonyl (C=O) groups is 2. The highest BCUT2D eigenvalue weighted by Crippen LogP contribution is 2.51. The molecule has 2 bridgehead atoms. The van der Waals surface area contributed by atoms with Gasteiger partial charge in [-0.15, -0.1) is 0 Å². The maximum absolute atomic E-state index is 12.4. The Balaban J connectivity index is 2.28. The zero-order valence-corrected chi connectivity index (χ0v) is 12.5. The summed E-state index contributed by atoms with van der Waals surface area (Å²) in [6.45, 7) is 5.65. The van der Waals surface area contributed by atoms with E-state index in [0.29, 0.717) is 12.8 Å². The first-order chi connectivity index (χ1) is 9.21. The van der Waals surface area contributed by atoms with Crippen LogP contribution in [-0.4, -0.2) is 53.0 Å². The molecule has 2 rings (SSSR count). The average Bonchev–Trinajstić information content (AvgIpc) is 2.78. The number of fused-ring (bicyclic) bond motifs is 2. The molecule has 1 amide bonds. The number of carboxylic acid groups (broad SMARTS) is 1. The average molecular weight is 285 g/mol. The third kappa shape index (κ3) is 2.37. The lowest BCUT2D eigenvalue weighted by Gasteiger charge is -2.37. The Labute approximate surface area is 119 Å². The lowest BCUT2D eigenvalue weighted by Crippen LogP contribution is -2.54. The third-order valence-electron chi connectivity index (χ3n) is 4.19. The first-order valence-electron chi connectivity index (χ1n) is 6.95. The number of aliphatic carboxylic acids is 1. The maximum atomic E-state index is 12.4. The van der Waals surface area contributed by atoms with Gasteiger partial charge in [0.25, 0.3) is 0 Å². The van der Waals surface area contributed by atoms with Gasteiger partial charge in [0, 0.05) is 13.2 Å². The van der Waals surface area contributed by atoms with Crippen LogP contribution in [0, 0.1) is 5.92 Å². The molecule has 2 aliphatic heterocycles. The van der Waals surface area contributed by atoms with Crippen molar-refractivity contribution in [3.63, 3.8) is 0 Å². The maximum Gasteiger partial charge on any atom is 0.411 e. The van der Waals surface area contributed by atoms with Crippen LogP contribution in [-0.2, 0) is 14.3 Å². The van der Waals surface area contributed by atoms with Crippen LogP contribution in [0.25, 0.3) is 0 Å². The van der Waals surface area contributed by atoms with Gasteiger partial charge in [-0.3, -0.25) is 9.69 Å². The van der Waals surface area contributed by atoms with E-state index in [1.54, 1.807) is 25.7 Å². The topological polar surface area (TPSA) is 76.1 Å². The molecule has 0 radical (unpaired) electrons. The standard InChI is InChI=1S/C14H23NO5/c1-13(2,3)20-12(18)15-9-5-6-14(15,8-19-4)10(7-9)11(16)17/h9-10H,5-8H2,1-4H3,(H,16,17)/t9-,10-,14-/m0/s1. The first kappa shape index (κ1) is 15.1. The molecule has 3 atom stereocenters. The monoisotopic (exact) mass is 285 g/mol. The van der Waals surface area contributed by atoms with Crippen LogP contribution >= 0.6 is 0 Å². The van der Waals surface area contributed by atoms with E-state index in [4.69, 9.17) is 9.47 Å². The Hall–Kier alpha value is -1.30. The van der Waals surface area contributed by atoms with Crippen molar-refractivity contribution in [2.24, 2.45) is 5.92 Å². The van der Waals surface area contributed by atoms with Gasteiger partial charge in [-0.25, -0.2) is 4.79 Å². The van der Waals surface area contributed by atoms with Crippen molar-refractivity contribution in [2.75, 3.05) is 13.7 Å². The Morgan fingerprint density at radius 1 is 1.40 bits per heavy atom. The van der Waals surface area contributed by atoms with Crippen molar-refractivity contribution >= 4 is 12.1 Å². The van der Waals surface area contributed by atoms with Gasteiger partial charge in [0.2, 0.25) is 0 Å². The molecule has 0 spiro atoms. The molecule has 20 heavy (non-hydrogen) atoms. The molecule has 1 N–H and O–H groups in total. The number of ether oxygens (including phenoxy) is 2. The fourth-order valence-corrected chi connectivity index (χ4v) is 3.55. The molecule has 0 aromatic heterocycles. The summed E-state index contributed by atoms with van der Waals surface area (Å²) in [5.74, 6) is -1.44. The minimum atomic E-state index is -0.863. The van der Waals surface area contributed by atoms with Gasteiger partial charge in [0.15, 0.2) is 0 Å². The second-order valence-electron chi connectivity index (χ2n) is 6.71. The van der Waals surface area contributed by atoms with Crippen LogP contribution in [0.1, 0.15) is 40.0 Å². The fourth-order valence-electron chi connectivity index (χ4n) is 3.55. The summed E-state index contributed by atoms with van der Waals surface area (Å²) >= 11 is 0. The molecule has 0 aromatic rings. The van der Waals surface area contributed by atoms with Crippen LogP contribution in [0.2, 0.25) is 0 Å². The number of amides is 1. The molecule has 0 aromatic carbocycles. The molecule has 6 heteroatoms. The zero-order chi connectivity index (χ0) is 15.1. The second-order valence-corrected chi connectivity index (χ2v) is 6.71. The quantitative estimate of drug-likeness (QED) is 0.856. The summed E-state index contributed by atoms with van der Waals surface area (Å²) in [6, 6.07) is -0.0545. The van der Waals surface area contributed by atoms with Gasteiger partial charge >= 0.3 is 12.1 Å². The summed E-state index contributed by atoms with van der Waals surface area (Å²) in [7, 11) is 1.53. The lowest BCUT2D eigenvalue weighted by molar-refractivity contribution is -0.146. The summed E-state index contributed by atoms with van der Waals surface area (Å²) in [5.41, 5.74) is -1.35. The Morgan fingerprint density at radius 3 is 2.55 bits per heavy atom. The molecule has 0 unspecified atom stereocenters. The van der Waals surface area contributed by atoms with Gasteiger partial charge in [-0.1, -0.05) is 0 Å². The van der Waals surface area contributed by atoms with Crippen LogP contribution < -0.4 is 0 Å². The van der Waals surface area contributed by atoms with Crippen molar-refractivity contribution in [2.45, 2.75) is 57.2 Å². The first-order valence-corrected chi connectivity index (χ1v) is 6.95. The Kier molecular flexibility index (Phi) is 3.71. The molecule has 2 heterocycles. The van der Waals surface area contributed by atoms with E-state index in [0.717, 1.165) is 6.42 Å². The van der Waals surface area contributed by atoms with E-state index >= 15 is 0 Å². The van der Waals surface area contributed by atoms with Gasteiger partial charge < -0.3 is 14.6 Å². The van der Waals surface area contributed by atoms with Crippen molar-refractivity contribution in [3.8, 4) is 0 Å². The summed E-state index contributed by atoms with van der Waals surface area (Å²) in [4.78, 5) is 25.5. The van der Waals surface area contributed by atoms with Gasteiger partial charge in [0.05, 0.1) is 18.1 Å². The summed E-state index contributed by atoms with van der Waals surface area (Å²) in [5, 5.41) is 9.42. The highest BCUT2D eigenvalue weighted by Gasteiger charge is 2.63. The number of nitrogens with zero attached hydrogens (tertiary/aromatic N) is 1. The predicted octanol–water partition coefficient (Wildman–Crippen LogP) is 1.88. The van der Waals surface area contributed by atoms with Crippen molar-refractivity contribution < 1.29 is 24.2 Å². The van der Waals surface area contributed by atoms with E-state index in [-0.39, 0.29) is 12.6 Å². The molecule has 0 aliphatic carbocycles. The highest BCUT2D eigenvalue weighted by molar-refractivity contribution is 5.78. The van der Waals surface area contributed by atoms with Crippen LogP contribution in [0.3, 0.4) is 0 Å². The minimum absolute atomic E-state index is 0.0545. The summed E-state index contributed by atoms with van der Waals surface area (Å²) < 4.78 is 10.7. The SMILES string of the molecule is COC[C@@]12CC[C@@H](C[C@H]1C(=O)O)N2C(=O)OC(C)(C)C. The molecule has 6 nitrogen and oxygen atoms in total. The number of hydrogen-bond acceptors (Lipinski definition) is 4. The fraction of sp³-hybridized carbons (Fsp3) is 0.857. The molecular formula is C14H23NO5. The number of rotatable bonds is 3. The smallest absolute Gasteiger partial charge is 0.411 e. The molecule has 2 aliphatic rings.